The first-order valence-electron chi connectivity index (χ1n) is 12.3. The molecule has 0 heterocycles. The Bertz CT molecular complexity index is 664. The Hall–Kier alpha value is -0.500. The summed E-state index contributed by atoms with van der Waals surface area (Å²) in [7, 11) is -4.69. The molecule has 2 N–H and O–H groups in total. The van der Waals surface area contributed by atoms with Gasteiger partial charge in [0.2, 0.25) is 0 Å². The van der Waals surface area contributed by atoms with Gasteiger partial charge in [0, 0.05) is 0 Å². The van der Waals surface area contributed by atoms with Crippen molar-refractivity contribution >= 4 is 29.0 Å². The molecule has 0 aromatic heterocycles. The van der Waals surface area contributed by atoms with Crippen molar-refractivity contribution in [2.24, 2.45) is 0 Å². The van der Waals surface area contributed by atoms with E-state index >= 15 is 0 Å². The van der Waals surface area contributed by atoms with Crippen LogP contribution < -0.4 is 9.26 Å². The van der Waals surface area contributed by atoms with Crippen molar-refractivity contribution in [2.75, 3.05) is 6.61 Å². The van der Waals surface area contributed by atoms with E-state index in [1.165, 1.54) is 96.0 Å². The van der Waals surface area contributed by atoms with E-state index in [9.17, 15) is 7.63 Å². The van der Waals surface area contributed by atoms with Crippen LogP contribution in [0.25, 0.3) is 0 Å². The maximum absolute atomic E-state index is 11.5. The zero-order valence-electron chi connectivity index (χ0n) is 19.6. The van der Waals surface area contributed by atoms with Crippen molar-refractivity contribution in [3.05, 3.63) is 21.8 Å². The van der Waals surface area contributed by atoms with Gasteiger partial charge in [-0.05, 0) is 18.6 Å². The average Bonchev–Trinajstić information content (AvgIpc) is 2.75. The second-order valence-electron chi connectivity index (χ2n) is 8.38. The molecule has 0 saturated carbocycles. The van der Waals surface area contributed by atoms with Crippen molar-refractivity contribution in [2.45, 2.75) is 110 Å². The summed E-state index contributed by atoms with van der Waals surface area (Å²) < 4.78 is 33.2. The molecule has 1 rings (SSSR count). The summed E-state index contributed by atoms with van der Waals surface area (Å²) in [5.74, 6) is 0.324. The Labute approximate surface area is 204 Å². The molecule has 0 aliphatic carbocycles. The lowest BCUT2D eigenvalue weighted by Crippen LogP contribution is -2.01. The predicted molar refractivity (Wildman–Crippen MR) is 138 cm³/mol. The monoisotopic (exact) mass is 584 g/mol. The van der Waals surface area contributed by atoms with Gasteiger partial charge in [-0.15, -0.1) is 0 Å². The fourth-order valence-electron chi connectivity index (χ4n) is 3.71. The van der Waals surface area contributed by atoms with E-state index in [4.69, 9.17) is 14.5 Å². The van der Waals surface area contributed by atoms with E-state index in [2.05, 4.69) is 11.4 Å². The number of phosphoric acid groups is 1. The first kappa shape index (κ1) is 29.5. The van der Waals surface area contributed by atoms with Crippen molar-refractivity contribution in [3.63, 3.8) is 0 Å². The van der Waals surface area contributed by atoms with Crippen LogP contribution in [0.15, 0.2) is 18.2 Å². The van der Waals surface area contributed by atoms with Gasteiger partial charge < -0.3 is 9.26 Å². The van der Waals surface area contributed by atoms with E-state index in [1.54, 1.807) is 12.1 Å². The average molecular weight is 584 g/mol. The maximum Gasteiger partial charge on any atom is 0.524 e. The molecule has 0 aliphatic rings. The summed E-state index contributed by atoms with van der Waals surface area (Å²) in [6, 6.07) is 4.64. The third kappa shape index (κ3) is 15.4. The molecule has 0 unspecified atom stereocenters. The summed E-state index contributed by atoms with van der Waals surface area (Å²) >= 11 is -1.68. The van der Waals surface area contributed by atoms with Crippen LogP contribution in [-0.2, 0) is 7.63 Å². The van der Waals surface area contributed by atoms with Crippen LogP contribution in [-0.4, -0.2) is 16.4 Å². The number of phosphoric ester groups is 1. The first-order valence-corrected chi connectivity index (χ1v) is 15.7. The summed E-state index contributed by atoms with van der Waals surface area (Å²) in [6.07, 6.45) is 20.9. The van der Waals surface area contributed by atoms with E-state index in [1.807, 2.05) is 0 Å². The number of rotatable bonds is 21. The van der Waals surface area contributed by atoms with E-state index in [-0.39, 0.29) is 9.32 Å². The second-order valence-corrected chi connectivity index (χ2v) is 11.1. The highest BCUT2D eigenvalue weighted by atomic mass is 127. The van der Waals surface area contributed by atoms with E-state index < -0.39 is 29.0 Å². The Morgan fingerprint density at radius 3 is 1.62 bits per heavy atom. The van der Waals surface area contributed by atoms with Crippen LogP contribution in [0.1, 0.15) is 110 Å². The maximum atomic E-state index is 11.5. The van der Waals surface area contributed by atoms with Crippen molar-refractivity contribution in [1.82, 2.24) is 0 Å². The molecular weight excluding hydrogens is 542 g/mol. The molecule has 1 aromatic carbocycles. The second kappa shape index (κ2) is 18.9. The molecular formula is C24H42IO6P. The smallest absolute Gasteiger partial charge is 0.492 e. The lowest BCUT2D eigenvalue weighted by atomic mass is 10.0. The van der Waals surface area contributed by atoms with E-state index in [0.717, 1.165) is 12.8 Å². The largest absolute Gasteiger partial charge is 0.524 e. The molecule has 8 heteroatoms. The highest BCUT2D eigenvalue weighted by Crippen LogP contribution is 2.42. The lowest BCUT2D eigenvalue weighted by molar-refractivity contribution is 0.279. The van der Waals surface area contributed by atoms with Gasteiger partial charge in [0.15, 0.2) is 26.9 Å². The number of ether oxygens (including phenoxy) is 1. The van der Waals surface area contributed by atoms with Crippen molar-refractivity contribution < 1.29 is 26.7 Å². The summed E-state index contributed by atoms with van der Waals surface area (Å²) in [5.41, 5.74) is 0. The normalized spacial score (nSPS) is 11.6. The number of unbranched alkanes of at least 4 members (excludes halogenated alkanes) is 15. The van der Waals surface area contributed by atoms with Crippen LogP contribution in [0.2, 0.25) is 0 Å². The van der Waals surface area contributed by atoms with E-state index in [0.29, 0.717) is 12.4 Å². The number of hydrogen-bond donors (Lipinski definition) is 2. The zero-order chi connectivity index (χ0) is 23.5. The molecule has 0 aliphatic heterocycles. The molecule has 0 fully saturated rings. The third-order valence-corrected chi connectivity index (χ3v) is 7.42. The molecule has 0 radical (unpaired) electrons. The van der Waals surface area contributed by atoms with Gasteiger partial charge >= 0.3 is 7.82 Å². The molecule has 0 bridgehead atoms. The highest BCUT2D eigenvalue weighted by molar-refractivity contribution is 14.1. The molecule has 1 aromatic rings. The minimum absolute atomic E-state index is 0.0643. The summed E-state index contributed by atoms with van der Waals surface area (Å²) in [6.45, 7) is 2.76. The number of hydrogen-bond acceptors (Lipinski definition) is 4. The fourth-order valence-corrected chi connectivity index (χ4v) is 5.35. The molecule has 0 atom stereocenters. The van der Waals surface area contributed by atoms with Gasteiger partial charge in [0.05, 0.1) is 6.61 Å². The Morgan fingerprint density at radius 1 is 0.750 bits per heavy atom. The molecule has 6 nitrogen and oxygen atoms in total. The van der Waals surface area contributed by atoms with Crippen LogP contribution in [0, 0.1) is 3.57 Å². The minimum Gasteiger partial charge on any atom is -0.492 e. The SMILES string of the molecule is CCCCCCCCCCCCCCCCCCOc1cccc(OP(=O)(O)O)c1I=O. The molecule has 186 valence electrons. The number of benzene rings is 1. The molecule has 0 amide bonds. The summed E-state index contributed by atoms with van der Waals surface area (Å²) in [4.78, 5) is 17.9. The Kier molecular flexibility index (Phi) is 17.4. The van der Waals surface area contributed by atoms with Gasteiger partial charge in [-0.25, -0.2) is 4.57 Å². The van der Waals surface area contributed by atoms with Gasteiger partial charge in [0.25, 0.3) is 0 Å². The zero-order valence-corrected chi connectivity index (χ0v) is 22.7. The van der Waals surface area contributed by atoms with Crippen molar-refractivity contribution in [1.29, 1.82) is 0 Å². The Balaban J connectivity index is 2.01. The molecule has 32 heavy (non-hydrogen) atoms. The standard InChI is InChI=1S/C24H42IO6P/c1-2-3-4-5-6-7-8-9-10-11-12-13-14-15-16-17-21-30-22-19-18-20-23(24(22)25-26)31-32(27,28)29/h18-20H,2-17,21H2,1H3,(H2,27,28,29). The van der Waals surface area contributed by atoms with Crippen LogP contribution >= 0.6 is 29.0 Å². The summed E-state index contributed by atoms with van der Waals surface area (Å²) in [5, 5.41) is 0. The van der Waals surface area contributed by atoms with Gasteiger partial charge in [-0.3, -0.25) is 12.9 Å². The van der Waals surface area contributed by atoms with Crippen molar-refractivity contribution in [3.8, 4) is 11.5 Å². The third-order valence-electron chi connectivity index (χ3n) is 5.48. The van der Waals surface area contributed by atoms with Crippen LogP contribution in [0.4, 0.5) is 0 Å². The van der Waals surface area contributed by atoms with Crippen LogP contribution in [0.5, 0.6) is 11.5 Å². The highest BCUT2D eigenvalue weighted by Gasteiger charge is 2.21. The van der Waals surface area contributed by atoms with Gasteiger partial charge in [0.1, 0.15) is 9.32 Å². The van der Waals surface area contributed by atoms with Gasteiger partial charge in [-0.1, -0.05) is 109 Å². The molecule has 0 spiro atoms. The van der Waals surface area contributed by atoms with Gasteiger partial charge in [-0.2, -0.15) is 0 Å². The first-order chi connectivity index (χ1) is 15.5. The number of halogens is 1. The predicted octanol–water partition coefficient (Wildman–Crippen LogP) is 8.28. The van der Waals surface area contributed by atoms with Crippen LogP contribution in [0.3, 0.4) is 0 Å². The Morgan fingerprint density at radius 2 is 1.19 bits per heavy atom. The molecule has 0 saturated heterocycles. The topological polar surface area (TPSA) is 93.1 Å². The fraction of sp³-hybridized carbons (Fsp3) is 0.750. The minimum atomic E-state index is -4.69. The quantitative estimate of drug-likeness (QED) is 0.0858. The lowest BCUT2D eigenvalue weighted by Gasteiger charge is -2.12.